The minimum Gasteiger partial charge on any atom is -0.497 e. The zero-order valence-corrected chi connectivity index (χ0v) is 18.8. The van der Waals surface area contributed by atoms with Crippen LogP contribution in [0.1, 0.15) is 16.1 Å². The van der Waals surface area contributed by atoms with E-state index in [1.807, 2.05) is 34.9 Å². The molecule has 0 aliphatic heterocycles. The molecule has 0 aliphatic carbocycles. The SMILES string of the molecule is COCCn1c(=NC(=O)c2c(-c3ccccc3Cl)noc2C)sc2cc(OC)ccc21. The van der Waals surface area contributed by atoms with Gasteiger partial charge in [0.25, 0.3) is 5.91 Å². The van der Waals surface area contributed by atoms with Crippen LogP contribution in [0.4, 0.5) is 0 Å². The van der Waals surface area contributed by atoms with Crippen molar-refractivity contribution in [3.8, 4) is 17.0 Å². The maximum atomic E-state index is 13.3. The number of nitrogens with zero attached hydrogens (tertiary/aromatic N) is 3. The minimum atomic E-state index is -0.446. The first-order valence-corrected chi connectivity index (χ1v) is 10.7. The second kappa shape index (κ2) is 9.05. The van der Waals surface area contributed by atoms with E-state index in [4.69, 9.17) is 25.6 Å². The Labute approximate surface area is 187 Å². The number of rotatable bonds is 6. The molecule has 2 heterocycles. The fourth-order valence-electron chi connectivity index (χ4n) is 3.27. The van der Waals surface area contributed by atoms with Gasteiger partial charge in [0.1, 0.15) is 22.8 Å². The van der Waals surface area contributed by atoms with E-state index in [0.29, 0.717) is 45.6 Å². The van der Waals surface area contributed by atoms with Gasteiger partial charge in [0.2, 0.25) is 0 Å². The molecule has 9 heteroatoms. The van der Waals surface area contributed by atoms with E-state index in [1.54, 1.807) is 33.3 Å². The fourth-order valence-corrected chi connectivity index (χ4v) is 4.58. The maximum absolute atomic E-state index is 13.3. The largest absolute Gasteiger partial charge is 0.497 e. The van der Waals surface area contributed by atoms with Crippen LogP contribution in [-0.4, -0.2) is 36.5 Å². The van der Waals surface area contributed by atoms with Crippen LogP contribution in [0.15, 0.2) is 52.0 Å². The van der Waals surface area contributed by atoms with Crippen LogP contribution in [0.3, 0.4) is 0 Å². The summed E-state index contributed by atoms with van der Waals surface area (Å²) in [6, 6.07) is 12.9. The molecule has 0 spiro atoms. The number of hydrogen-bond donors (Lipinski definition) is 0. The maximum Gasteiger partial charge on any atom is 0.285 e. The number of ether oxygens (including phenoxy) is 2. The number of carbonyl (C=O) groups excluding carboxylic acids is 1. The van der Waals surface area contributed by atoms with Crippen LogP contribution >= 0.6 is 22.9 Å². The van der Waals surface area contributed by atoms with Gasteiger partial charge >= 0.3 is 0 Å². The van der Waals surface area contributed by atoms with E-state index >= 15 is 0 Å². The average Bonchev–Trinajstić information content (AvgIpc) is 3.31. The Bertz CT molecular complexity index is 1320. The molecule has 31 heavy (non-hydrogen) atoms. The Morgan fingerprint density at radius 1 is 1.26 bits per heavy atom. The number of benzene rings is 2. The van der Waals surface area contributed by atoms with Gasteiger partial charge < -0.3 is 18.6 Å². The monoisotopic (exact) mass is 457 g/mol. The number of halogens is 1. The number of aromatic nitrogens is 2. The zero-order valence-electron chi connectivity index (χ0n) is 17.2. The molecule has 0 N–H and O–H groups in total. The molecule has 0 saturated carbocycles. The highest BCUT2D eigenvalue weighted by Crippen LogP contribution is 2.31. The smallest absolute Gasteiger partial charge is 0.285 e. The lowest BCUT2D eigenvalue weighted by Gasteiger charge is -2.05. The van der Waals surface area contributed by atoms with E-state index in [9.17, 15) is 4.79 Å². The van der Waals surface area contributed by atoms with E-state index in [1.165, 1.54) is 11.3 Å². The third kappa shape index (κ3) is 4.14. The summed E-state index contributed by atoms with van der Waals surface area (Å²) in [5, 5.41) is 4.55. The third-order valence-corrected chi connectivity index (χ3v) is 6.18. The van der Waals surface area contributed by atoms with Crippen LogP contribution in [0.5, 0.6) is 5.75 Å². The summed E-state index contributed by atoms with van der Waals surface area (Å²) in [4.78, 5) is 18.2. The van der Waals surface area contributed by atoms with Crippen molar-refractivity contribution in [1.29, 1.82) is 0 Å². The van der Waals surface area contributed by atoms with Crippen LogP contribution in [-0.2, 0) is 11.3 Å². The van der Waals surface area contributed by atoms with Crippen molar-refractivity contribution in [2.45, 2.75) is 13.5 Å². The van der Waals surface area contributed by atoms with Crippen molar-refractivity contribution in [2.24, 2.45) is 4.99 Å². The third-order valence-electron chi connectivity index (χ3n) is 4.81. The lowest BCUT2D eigenvalue weighted by molar-refractivity contribution is 0.0996. The predicted octanol–water partition coefficient (Wildman–Crippen LogP) is 4.72. The second-order valence-electron chi connectivity index (χ2n) is 6.72. The van der Waals surface area contributed by atoms with Crippen molar-refractivity contribution in [1.82, 2.24) is 9.72 Å². The predicted molar refractivity (Wildman–Crippen MR) is 120 cm³/mol. The number of thiazole rings is 1. The molecular weight excluding hydrogens is 438 g/mol. The molecule has 2 aromatic heterocycles. The highest BCUT2D eigenvalue weighted by atomic mass is 35.5. The molecule has 0 saturated heterocycles. The molecule has 2 aromatic carbocycles. The molecule has 0 fully saturated rings. The van der Waals surface area contributed by atoms with Crippen molar-refractivity contribution < 1.29 is 18.8 Å². The zero-order chi connectivity index (χ0) is 22.0. The van der Waals surface area contributed by atoms with Gasteiger partial charge in [0.15, 0.2) is 4.80 Å². The number of amides is 1. The van der Waals surface area contributed by atoms with Gasteiger partial charge in [-0.25, -0.2) is 0 Å². The summed E-state index contributed by atoms with van der Waals surface area (Å²) in [6.45, 7) is 2.72. The Morgan fingerprint density at radius 3 is 2.81 bits per heavy atom. The second-order valence-corrected chi connectivity index (χ2v) is 8.14. The Hall–Kier alpha value is -2.94. The molecule has 0 unspecified atom stereocenters. The van der Waals surface area contributed by atoms with E-state index in [0.717, 1.165) is 16.0 Å². The number of hydrogen-bond acceptors (Lipinski definition) is 6. The van der Waals surface area contributed by atoms with E-state index in [2.05, 4.69) is 10.1 Å². The van der Waals surface area contributed by atoms with Gasteiger partial charge in [-0.2, -0.15) is 4.99 Å². The molecule has 7 nitrogen and oxygen atoms in total. The van der Waals surface area contributed by atoms with Gasteiger partial charge in [-0.1, -0.05) is 46.3 Å². The number of aryl methyl sites for hydroxylation is 1. The van der Waals surface area contributed by atoms with Crippen LogP contribution in [0.25, 0.3) is 21.5 Å². The average molecular weight is 458 g/mol. The van der Waals surface area contributed by atoms with Crippen molar-refractivity contribution in [3.63, 3.8) is 0 Å². The summed E-state index contributed by atoms with van der Waals surface area (Å²) in [7, 11) is 3.25. The molecule has 0 radical (unpaired) electrons. The Kier molecular flexibility index (Phi) is 6.22. The Balaban J connectivity index is 1.85. The molecule has 160 valence electrons. The topological polar surface area (TPSA) is 78.9 Å². The first kappa shape index (κ1) is 21.3. The molecule has 0 aliphatic rings. The van der Waals surface area contributed by atoms with Gasteiger partial charge in [-0.05, 0) is 31.2 Å². The van der Waals surface area contributed by atoms with Gasteiger partial charge in [0, 0.05) is 19.2 Å². The molecule has 4 aromatic rings. The highest BCUT2D eigenvalue weighted by molar-refractivity contribution is 7.16. The standard InChI is InChI=1S/C22H20ClN3O4S/c1-13-19(20(25-30-13)15-6-4-5-7-16(15)23)21(27)24-22-26(10-11-28-2)17-9-8-14(29-3)12-18(17)31-22/h4-9,12H,10-11H2,1-3H3. The normalized spacial score (nSPS) is 11.9. The summed E-state index contributed by atoms with van der Waals surface area (Å²) in [5.74, 6) is 0.676. The molecule has 0 atom stereocenters. The molecule has 4 rings (SSSR count). The van der Waals surface area contributed by atoms with E-state index < -0.39 is 5.91 Å². The van der Waals surface area contributed by atoms with Crippen LogP contribution in [0.2, 0.25) is 5.02 Å². The molecule has 0 bridgehead atoms. The quantitative estimate of drug-likeness (QED) is 0.418. The summed E-state index contributed by atoms with van der Waals surface area (Å²) < 4.78 is 18.8. The van der Waals surface area contributed by atoms with Gasteiger partial charge in [-0.15, -0.1) is 0 Å². The van der Waals surface area contributed by atoms with Crippen molar-refractivity contribution in [2.75, 3.05) is 20.8 Å². The summed E-state index contributed by atoms with van der Waals surface area (Å²) in [6.07, 6.45) is 0. The van der Waals surface area contributed by atoms with Crippen LogP contribution in [0, 0.1) is 6.92 Å². The van der Waals surface area contributed by atoms with Crippen molar-refractivity contribution in [3.05, 3.63) is 63.6 Å². The van der Waals surface area contributed by atoms with Gasteiger partial charge in [-0.3, -0.25) is 4.79 Å². The Morgan fingerprint density at radius 2 is 2.06 bits per heavy atom. The minimum absolute atomic E-state index is 0.293. The first-order valence-electron chi connectivity index (χ1n) is 9.50. The number of methoxy groups -OCH3 is 2. The first-order chi connectivity index (χ1) is 15.0. The lowest BCUT2D eigenvalue weighted by Crippen LogP contribution is -2.19. The summed E-state index contributed by atoms with van der Waals surface area (Å²) in [5.41, 5.74) is 2.24. The number of carbonyl (C=O) groups is 1. The summed E-state index contributed by atoms with van der Waals surface area (Å²) >= 11 is 7.72. The van der Waals surface area contributed by atoms with Gasteiger partial charge in [0.05, 0.1) is 29.0 Å². The van der Waals surface area contributed by atoms with E-state index in [-0.39, 0.29) is 0 Å². The molecule has 1 amide bonds. The fraction of sp³-hybridized carbons (Fsp3) is 0.227. The highest BCUT2D eigenvalue weighted by Gasteiger charge is 2.23. The lowest BCUT2D eigenvalue weighted by atomic mass is 10.1. The van der Waals surface area contributed by atoms with Crippen molar-refractivity contribution >= 4 is 39.1 Å². The number of fused-ring (bicyclic) bond motifs is 1. The van der Waals surface area contributed by atoms with Crippen LogP contribution < -0.4 is 9.54 Å². The molecular formula is C22H20ClN3O4S.